The lowest BCUT2D eigenvalue weighted by Crippen LogP contribution is -2.01. The molecule has 6 nitrogen and oxygen atoms in total. The van der Waals surface area contributed by atoms with Gasteiger partial charge < -0.3 is 9.84 Å². The lowest BCUT2D eigenvalue weighted by molar-refractivity contribution is 0.0691. The number of nitrogens with one attached hydrogen (secondary N) is 1. The van der Waals surface area contributed by atoms with Crippen LogP contribution in [0.1, 0.15) is 10.5 Å². The topological polar surface area (TPSA) is 88.1 Å². The molecular formula is C20H13BrClN3O3. The minimum absolute atomic E-state index is 0.0984. The van der Waals surface area contributed by atoms with E-state index in [9.17, 15) is 9.90 Å². The summed E-state index contributed by atoms with van der Waals surface area (Å²) in [5.74, 6) is -0.525. The molecule has 0 unspecified atom stereocenters. The highest BCUT2D eigenvalue weighted by atomic mass is 79.9. The van der Waals surface area contributed by atoms with Crippen molar-refractivity contribution in [2.24, 2.45) is 0 Å². The fraction of sp³-hybridized carbons (Fsp3) is 0.0500. The summed E-state index contributed by atoms with van der Waals surface area (Å²) < 4.78 is 6.34. The number of pyridine rings is 1. The van der Waals surface area contributed by atoms with E-state index in [1.54, 1.807) is 19.2 Å². The molecule has 0 fully saturated rings. The molecule has 0 aliphatic rings. The summed E-state index contributed by atoms with van der Waals surface area (Å²) in [7, 11) is 1.57. The van der Waals surface area contributed by atoms with Crippen LogP contribution in [0.5, 0.6) is 5.75 Å². The summed E-state index contributed by atoms with van der Waals surface area (Å²) in [4.78, 5) is 15.8. The van der Waals surface area contributed by atoms with Crippen molar-refractivity contribution in [3.05, 3.63) is 63.7 Å². The van der Waals surface area contributed by atoms with E-state index in [-0.39, 0.29) is 5.69 Å². The molecular weight excluding hydrogens is 446 g/mol. The highest BCUT2D eigenvalue weighted by molar-refractivity contribution is 9.10. The van der Waals surface area contributed by atoms with Crippen molar-refractivity contribution in [1.82, 2.24) is 15.2 Å². The number of benzene rings is 2. The van der Waals surface area contributed by atoms with Crippen LogP contribution < -0.4 is 4.74 Å². The summed E-state index contributed by atoms with van der Waals surface area (Å²) >= 11 is 9.48. The highest BCUT2D eigenvalue weighted by Gasteiger charge is 2.21. The zero-order valence-electron chi connectivity index (χ0n) is 14.5. The van der Waals surface area contributed by atoms with Crippen LogP contribution in [0, 0.1) is 0 Å². The van der Waals surface area contributed by atoms with E-state index < -0.39 is 5.97 Å². The van der Waals surface area contributed by atoms with Gasteiger partial charge in [0, 0.05) is 26.2 Å². The number of rotatable bonds is 4. The van der Waals surface area contributed by atoms with Crippen molar-refractivity contribution >= 4 is 44.5 Å². The number of nitrogens with zero attached hydrogens (tertiary/aromatic N) is 2. The second kappa shape index (κ2) is 7.26. The van der Waals surface area contributed by atoms with E-state index >= 15 is 0 Å². The Kier molecular flexibility index (Phi) is 4.78. The molecule has 8 heteroatoms. The van der Waals surface area contributed by atoms with Crippen LogP contribution in [0.2, 0.25) is 5.02 Å². The fourth-order valence-corrected chi connectivity index (χ4v) is 3.55. The van der Waals surface area contributed by atoms with E-state index in [1.807, 2.05) is 30.3 Å². The van der Waals surface area contributed by atoms with Crippen molar-refractivity contribution in [2.75, 3.05) is 7.11 Å². The SMILES string of the molecule is COc1ccc(Br)cc1-c1cc(C(=O)O)nc2n[nH]c(-c3ccc(Cl)cc3)c12. The maximum absolute atomic E-state index is 11.6. The van der Waals surface area contributed by atoms with Crippen LogP contribution >= 0.6 is 27.5 Å². The summed E-state index contributed by atoms with van der Waals surface area (Å²) in [6.45, 7) is 0. The van der Waals surface area contributed by atoms with Crippen LogP contribution in [0.3, 0.4) is 0 Å². The quantitative estimate of drug-likeness (QED) is 0.427. The number of ether oxygens (including phenoxy) is 1. The Morgan fingerprint density at radius 2 is 1.89 bits per heavy atom. The predicted molar refractivity (Wildman–Crippen MR) is 111 cm³/mol. The second-order valence-electron chi connectivity index (χ2n) is 6.01. The smallest absolute Gasteiger partial charge is 0.354 e. The molecule has 4 rings (SSSR count). The monoisotopic (exact) mass is 457 g/mol. The first-order chi connectivity index (χ1) is 13.5. The molecule has 0 atom stereocenters. The number of hydrogen-bond acceptors (Lipinski definition) is 4. The third kappa shape index (κ3) is 3.23. The Bertz CT molecular complexity index is 1210. The maximum atomic E-state index is 11.6. The zero-order chi connectivity index (χ0) is 19.8. The van der Waals surface area contributed by atoms with E-state index in [1.165, 1.54) is 6.07 Å². The zero-order valence-corrected chi connectivity index (χ0v) is 16.9. The number of aromatic amines is 1. The molecule has 0 spiro atoms. The summed E-state index contributed by atoms with van der Waals surface area (Å²) in [5, 5.41) is 18.0. The van der Waals surface area contributed by atoms with Gasteiger partial charge in [-0.2, -0.15) is 5.10 Å². The number of halogens is 2. The van der Waals surface area contributed by atoms with Gasteiger partial charge in [-0.1, -0.05) is 39.7 Å². The standard InChI is InChI=1S/C20H13BrClN3O3/c1-28-16-7-4-11(21)8-13(16)14-9-15(20(26)27)23-19-17(14)18(24-25-19)10-2-5-12(22)6-3-10/h2-9H,1H3,(H,26,27)(H,23,24,25). The van der Waals surface area contributed by atoms with Crippen molar-refractivity contribution in [2.45, 2.75) is 0 Å². The minimum atomic E-state index is -1.13. The largest absolute Gasteiger partial charge is 0.496 e. The van der Waals surface area contributed by atoms with Gasteiger partial charge >= 0.3 is 5.97 Å². The fourth-order valence-electron chi connectivity index (χ4n) is 3.06. The summed E-state index contributed by atoms with van der Waals surface area (Å²) in [6, 6.07) is 14.4. The van der Waals surface area contributed by atoms with Gasteiger partial charge in [0.15, 0.2) is 11.3 Å². The molecule has 2 aromatic carbocycles. The molecule has 0 aliphatic carbocycles. The molecule has 140 valence electrons. The molecule has 0 radical (unpaired) electrons. The first kappa shape index (κ1) is 18.5. The molecule has 2 aromatic heterocycles. The number of fused-ring (bicyclic) bond motifs is 1. The van der Waals surface area contributed by atoms with Crippen LogP contribution in [0.4, 0.5) is 0 Å². The van der Waals surface area contributed by atoms with Crippen molar-refractivity contribution in [3.63, 3.8) is 0 Å². The minimum Gasteiger partial charge on any atom is -0.496 e. The highest BCUT2D eigenvalue weighted by Crippen LogP contribution is 2.40. The Hall–Kier alpha value is -2.90. The first-order valence-corrected chi connectivity index (χ1v) is 9.37. The van der Waals surface area contributed by atoms with Crippen LogP contribution in [-0.2, 0) is 0 Å². The van der Waals surface area contributed by atoms with Gasteiger partial charge in [-0.3, -0.25) is 5.10 Å². The molecule has 2 N–H and O–H groups in total. The molecule has 0 saturated heterocycles. The summed E-state index contributed by atoms with van der Waals surface area (Å²) in [5.41, 5.74) is 3.16. The molecule has 0 amide bonds. The Morgan fingerprint density at radius 3 is 2.57 bits per heavy atom. The van der Waals surface area contributed by atoms with Gasteiger partial charge in [0.2, 0.25) is 0 Å². The lowest BCUT2D eigenvalue weighted by Gasteiger charge is -2.12. The Labute approximate surface area is 173 Å². The number of hydrogen-bond donors (Lipinski definition) is 2. The molecule has 4 aromatic rings. The average molecular weight is 459 g/mol. The first-order valence-electron chi connectivity index (χ1n) is 8.20. The number of methoxy groups -OCH3 is 1. The molecule has 0 aliphatic heterocycles. The van der Waals surface area contributed by atoms with Gasteiger partial charge in [-0.15, -0.1) is 0 Å². The lowest BCUT2D eigenvalue weighted by atomic mass is 9.98. The van der Waals surface area contributed by atoms with Gasteiger partial charge in [-0.25, -0.2) is 9.78 Å². The Morgan fingerprint density at radius 1 is 1.14 bits per heavy atom. The number of carbonyl (C=O) groups is 1. The average Bonchev–Trinajstić information content (AvgIpc) is 3.12. The molecule has 2 heterocycles. The molecule has 0 saturated carbocycles. The van der Waals surface area contributed by atoms with Crippen LogP contribution in [-0.4, -0.2) is 33.4 Å². The number of aromatic nitrogens is 3. The number of aromatic carboxylic acids is 1. The van der Waals surface area contributed by atoms with Crippen LogP contribution in [0.25, 0.3) is 33.4 Å². The van der Waals surface area contributed by atoms with E-state index in [4.69, 9.17) is 16.3 Å². The van der Waals surface area contributed by atoms with Crippen LogP contribution in [0.15, 0.2) is 53.0 Å². The number of carboxylic acids is 1. The van der Waals surface area contributed by atoms with E-state index in [2.05, 4.69) is 31.1 Å². The van der Waals surface area contributed by atoms with E-state index in [0.717, 1.165) is 15.6 Å². The third-order valence-electron chi connectivity index (χ3n) is 4.33. The van der Waals surface area contributed by atoms with Gasteiger partial charge in [0.25, 0.3) is 0 Å². The van der Waals surface area contributed by atoms with E-state index in [0.29, 0.717) is 33.1 Å². The van der Waals surface area contributed by atoms with Crippen molar-refractivity contribution in [3.8, 4) is 28.1 Å². The number of H-pyrrole nitrogens is 1. The van der Waals surface area contributed by atoms with Gasteiger partial charge in [0.05, 0.1) is 18.2 Å². The van der Waals surface area contributed by atoms with Gasteiger partial charge in [0.1, 0.15) is 5.75 Å². The maximum Gasteiger partial charge on any atom is 0.354 e. The Balaban J connectivity index is 2.08. The normalized spacial score (nSPS) is 11.0. The molecule has 0 bridgehead atoms. The van der Waals surface area contributed by atoms with Gasteiger partial charge in [-0.05, 0) is 36.4 Å². The number of carboxylic acid groups (broad SMARTS) is 1. The summed E-state index contributed by atoms with van der Waals surface area (Å²) in [6.07, 6.45) is 0. The second-order valence-corrected chi connectivity index (χ2v) is 7.36. The molecule has 28 heavy (non-hydrogen) atoms. The third-order valence-corrected chi connectivity index (χ3v) is 5.07. The van der Waals surface area contributed by atoms with Crippen molar-refractivity contribution < 1.29 is 14.6 Å². The predicted octanol–water partition coefficient (Wildman–Crippen LogP) is 5.41. The van der Waals surface area contributed by atoms with Crippen molar-refractivity contribution in [1.29, 1.82) is 0 Å².